The van der Waals surface area contributed by atoms with E-state index in [2.05, 4.69) is 18.7 Å². The van der Waals surface area contributed by atoms with E-state index in [1.165, 1.54) is 0 Å². The van der Waals surface area contributed by atoms with E-state index in [1.807, 2.05) is 0 Å². The zero-order valence-electron chi connectivity index (χ0n) is 8.97. The van der Waals surface area contributed by atoms with E-state index in [0.717, 1.165) is 19.4 Å². The van der Waals surface area contributed by atoms with Crippen LogP contribution in [0.4, 0.5) is 4.39 Å². The number of hydrogen-bond acceptors (Lipinski definition) is 1. The minimum Gasteiger partial charge on any atom is -0.293 e. The Balaban J connectivity index is 2.12. The Hall–Kier alpha value is 0.180. The zero-order chi connectivity index (χ0) is 10.3. The lowest BCUT2D eigenvalue weighted by atomic mass is 9.85. The fraction of sp³-hybridized carbons (Fsp3) is 1.00. The molecule has 0 radical (unpaired) electrons. The molecule has 0 spiro atoms. The lowest BCUT2D eigenvalue weighted by Crippen LogP contribution is -2.39. The van der Waals surface area contributed by atoms with Gasteiger partial charge in [-0.2, -0.15) is 0 Å². The molecule has 2 heterocycles. The first-order valence-corrected chi connectivity index (χ1v) is 5.99. The molecule has 0 N–H and O–H groups in total. The van der Waals surface area contributed by atoms with Crippen molar-refractivity contribution in [3.05, 3.63) is 0 Å². The Labute approximate surface area is 90.6 Å². The Morgan fingerprint density at radius 1 is 1.43 bits per heavy atom. The highest BCUT2D eigenvalue weighted by molar-refractivity contribution is 6.21. The van der Waals surface area contributed by atoms with Crippen molar-refractivity contribution in [1.29, 1.82) is 0 Å². The van der Waals surface area contributed by atoms with Gasteiger partial charge < -0.3 is 0 Å². The molecule has 82 valence electrons. The third-order valence-corrected chi connectivity index (χ3v) is 3.79. The molecule has 0 bridgehead atoms. The summed E-state index contributed by atoms with van der Waals surface area (Å²) in [6.45, 7) is 5.91. The van der Waals surface area contributed by atoms with Gasteiger partial charge in [-0.3, -0.25) is 4.90 Å². The quantitative estimate of drug-likeness (QED) is 0.646. The zero-order valence-corrected chi connectivity index (χ0v) is 9.73. The summed E-state index contributed by atoms with van der Waals surface area (Å²) in [4.78, 5) is 2.29. The third kappa shape index (κ3) is 1.79. The normalized spacial score (nSPS) is 43.5. The van der Waals surface area contributed by atoms with Gasteiger partial charge in [0.2, 0.25) is 0 Å². The molecule has 1 nitrogen and oxygen atoms in total. The molecule has 2 aliphatic heterocycles. The van der Waals surface area contributed by atoms with Crippen LogP contribution in [0.5, 0.6) is 0 Å². The molecular weight excluding hydrogens is 201 g/mol. The fourth-order valence-electron chi connectivity index (χ4n) is 3.29. The molecule has 0 saturated carbocycles. The number of rotatable bonds is 2. The van der Waals surface area contributed by atoms with Gasteiger partial charge in [0.1, 0.15) is 6.17 Å². The summed E-state index contributed by atoms with van der Waals surface area (Å²) < 4.78 is 13.4. The standard InChI is InChI=1S/C11H19ClFN/c1-8(2)3-11-4-9(12)6-14(11)7-10(13)5-11/h8-10H,3-7H2,1-2H3/t9?,10-,11+/m1/s1. The van der Waals surface area contributed by atoms with Gasteiger partial charge in [-0.05, 0) is 25.2 Å². The van der Waals surface area contributed by atoms with E-state index in [0.29, 0.717) is 18.9 Å². The number of hydrogen-bond donors (Lipinski definition) is 0. The van der Waals surface area contributed by atoms with Crippen molar-refractivity contribution < 1.29 is 4.39 Å². The minimum absolute atomic E-state index is 0.0972. The fourth-order valence-corrected chi connectivity index (χ4v) is 3.74. The molecule has 2 saturated heterocycles. The van der Waals surface area contributed by atoms with Crippen LogP contribution < -0.4 is 0 Å². The number of fused-ring (bicyclic) bond motifs is 1. The maximum Gasteiger partial charge on any atom is 0.115 e. The summed E-state index contributed by atoms with van der Waals surface area (Å²) >= 11 is 6.17. The smallest absolute Gasteiger partial charge is 0.115 e. The van der Waals surface area contributed by atoms with Crippen molar-refractivity contribution in [1.82, 2.24) is 4.90 Å². The van der Waals surface area contributed by atoms with Crippen molar-refractivity contribution in [2.75, 3.05) is 13.1 Å². The van der Waals surface area contributed by atoms with Gasteiger partial charge in [0.05, 0.1) is 0 Å². The Morgan fingerprint density at radius 2 is 2.14 bits per heavy atom. The summed E-state index contributed by atoms with van der Waals surface area (Å²) in [6, 6.07) is 0. The third-order valence-electron chi connectivity index (χ3n) is 3.50. The number of alkyl halides is 2. The van der Waals surface area contributed by atoms with Crippen molar-refractivity contribution >= 4 is 11.6 Å². The molecular formula is C11H19ClFN. The predicted molar refractivity (Wildman–Crippen MR) is 57.5 cm³/mol. The minimum atomic E-state index is -0.627. The van der Waals surface area contributed by atoms with Crippen LogP contribution in [0.3, 0.4) is 0 Å². The maximum atomic E-state index is 13.4. The van der Waals surface area contributed by atoms with E-state index >= 15 is 0 Å². The lowest BCUT2D eigenvalue weighted by Gasteiger charge is -2.33. The molecule has 2 fully saturated rings. The van der Waals surface area contributed by atoms with E-state index in [1.54, 1.807) is 0 Å². The van der Waals surface area contributed by atoms with Gasteiger partial charge in [0.15, 0.2) is 0 Å². The summed E-state index contributed by atoms with van der Waals surface area (Å²) in [7, 11) is 0. The van der Waals surface area contributed by atoms with Crippen LogP contribution in [0.15, 0.2) is 0 Å². The molecule has 0 aliphatic carbocycles. The van der Waals surface area contributed by atoms with Crippen molar-refractivity contribution in [2.45, 2.75) is 50.2 Å². The molecule has 0 aromatic carbocycles. The second kappa shape index (κ2) is 3.64. The molecule has 3 heteroatoms. The Bertz CT molecular complexity index is 205. The first kappa shape index (κ1) is 10.7. The first-order valence-electron chi connectivity index (χ1n) is 5.55. The van der Waals surface area contributed by atoms with Gasteiger partial charge in [0.25, 0.3) is 0 Å². The Morgan fingerprint density at radius 3 is 2.79 bits per heavy atom. The van der Waals surface area contributed by atoms with Gasteiger partial charge in [0, 0.05) is 24.0 Å². The maximum absolute atomic E-state index is 13.4. The van der Waals surface area contributed by atoms with Crippen LogP contribution in [0.1, 0.15) is 33.1 Å². The summed E-state index contributed by atoms with van der Waals surface area (Å²) in [5.41, 5.74) is 0.0972. The molecule has 14 heavy (non-hydrogen) atoms. The molecule has 2 rings (SSSR count). The molecule has 1 unspecified atom stereocenters. The van der Waals surface area contributed by atoms with Crippen LogP contribution in [0.25, 0.3) is 0 Å². The largest absolute Gasteiger partial charge is 0.293 e. The first-order chi connectivity index (χ1) is 6.52. The lowest BCUT2D eigenvalue weighted by molar-refractivity contribution is 0.163. The number of nitrogens with zero attached hydrogens (tertiary/aromatic N) is 1. The molecule has 0 amide bonds. The molecule has 0 aromatic heterocycles. The predicted octanol–water partition coefficient (Wildman–Crippen LogP) is 2.83. The molecule has 0 aromatic rings. The average molecular weight is 220 g/mol. The van der Waals surface area contributed by atoms with Gasteiger partial charge in [-0.25, -0.2) is 4.39 Å². The topological polar surface area (TPSA) is 3.24 Å². The van der Waals surface area contributed by atoms with E-state index in [9.17, 15) is 4.39 Å². The Kier molecular flexibility index (Phi) is 2.78. The van der Waals surface area contributed by atoms with E-state index in [4.69, 9.17) is 11.6 Å². The highest BCUT2D eigenvalue weighted by Crippen LogP contribution is 2.45. The van der Waals surface area contributed by atoms with Crippen LogP contribution in [0, 0.1) is 5.92 Å². The van der Waals surface area contributed by atoms with E-state index < -0.39 is 6.17 Å². The number of halogens is 2. The van der Waals surface area contributed by atoms with Gasteiger partial charge >= 0.3 is 0 Å². The highest BCUT2D eigenvalue weighted by Gasteiger charge is 2.51. The van der Waals surface area contributed by atoms with Crippen molar-refractivity contribution in [3.8, 4) is 0 Å². The summed E-state index contributed by atoms with van der Waals surface area (Å²) in [5, 5.41) is 0.237. The van der Waals surface area contributed by atoms with Gasteiger partial charge in [-0.1, -0.05) is 13.8 Å². The van der Waals surface area contributed by atoms with Crippen LogP contribution in [-0.2, 0) is 0 Å². The van der Waals surface area contributed by atoms with Gasteiger partial charge in [-0.15, -0.1) is 11.6 Å². The van der Waals surface area contributed by atoms with Crippen LogP contribution in [-0.4, -0.2) is 35.1 Å². The van der Waals surface area contributed by atoms with Crippen molar-refractivity contribution in [2.24, 2.45) is 5.92 Å². The van der Waals surface area contributed by atoms with Crippen molar-refractivity contribution in [3.63, 3.8) is 0 Å². The van der Waals surface area contributed by atoms with Crippen LogP contribution >= 0.6 is 11.6 Å². The molecule has 2 aliphatic rings. The SMILES string of the molecule is CC(C)C[C@@]12CC(Cl)CN1C[C@H](F)C2. The second-order valence-corrected chi connectivity index (χ2v) is 5.95. The average Bonchev–Trinajstić information content (AvgIpc) is 2.36. The highest BCUT2D eigenvalue weighted by atomic mass is 35.5. The summed E-state index contributed by atoms with van der Waals surface area (Å²) in [6.07, 6.45) is 2.15. The molecule has 3 atom stereocenters. The van der Waals surface area contributed by atoms with E-state index in [-0.39, 0.29) is 10.9 Å². The monoisotopic (exact) mass is 219 g/mol. The second-order valence-electron chi connectivity index (χ2n) is 5.33. The summed E-state index contributed by atoms with van der Waals surface area (Å²) in [5.74, 6) is 0.629. The van der Waals surface area contributed by atoms with Crippen LogP contribution in [0.2, 0.25) is 0 Å².